The molecule has 39 heavy (non-hydrogen) atoms. The van der Waals surface area contributed by atoms with E-state index in [0.717, 1.165) is 41.0 Å². The molecule has 0 aromatic carbocycles. The van der Waals surface area contributed by atoms with Crippen molar-refractivity contribution < 1.29 is 9.59 Å². The first-order valence-electron chi connectivity index (χ1n) is 12.5. The highest BCUT2D eigenvalue weighted by molar-refractivity contribution is 7.13. The maximum Gasteiger partial charge on any atom is 0.332 e. The van der Waals surface area contributed by atoms with E-state index in [4.69, 9.17) is 0 Å². The summed E-state index contributed by atoms with van der Waals surface area (Å²) in [6.45, 7) is 3.18. The van der Waals surface area contributed by atoms with E-state index in [1.807, 2.05) is 0 Å². The van der Waals surface area contributed by atoms with Crippen LogP contribution in [0.2, 0.25) is 0 Å². The predicted molar refractivity (Wildman–Crippen MR) is 144 cm³/mol. The van der Waals surface area contributed by atoms with Crippen LogP contribution in [0.25, 0.3) is 21.7 Å². The van der Waals surface area contributed by atoms with Crippen LogP contribution in [0.3, 0.4) is 0 Å². The molecular formula is C24H26N10O4S. The number of amides is 2. The summed E-state index contributed by atoms with van der Waals surface area (Å²) in [6.07, 6.45) is 6.12. The van der Waals surface area contributed by atoms with E-state index in [1.54, 1.807) is 24.7 Å². The molecule has 0 radical (unpaired) electrons. The van der Waals surface area contributed by atoms with E-state index in [-0.39, 0.29) is 11.2 Å². The van der Waals surface area contributed by atoms with Crippen molar-refractivity contribution in [2.24, 2.45) is 18.9 Å². The van der Waals surface area contributed by atoms with Gasteiger partial charge in [0.25, 0.3) is 5.56 Å². The van der Waals surface area contributed by atoms with Crippen molar-refractivity contribution in [2.45, 2.75) is 25.9 Å². The number of thiazole rings is 1. The Kier molecular flexibility index (Phi) is 6.01. The summed E-state index contributed by atoms with van der Waals surface area (Å²) in [6, 6.07) is -0.868. The Morgan fingerprint density at radius 3 is 2.56 bits per heavy atom. The Bertz CT molecular complexity index is 1710. The summed E-state index contributed by atoms with van der Waals surface area (Å²) in [5.41, 5.74) is -0.486. The zero-order chi connectivity index (χ0) is 27.4. The van der Waals surface area contributed by atoms with Gasteiger partial charge in [-0.2, -0.15) is 0 Å². The molecule has 4 aromatic heterocycles. The fourth-order valence-electron chi connectivity index (χ4n) is 4.92. The van der Waals surface area contributed by atoms with Crippen LogP contribution < -0.4 is 26.8 Å². The molecule has 2 fully saturated rings. The SMILES string of the molecule is CNC(=O)Cn1c(=O)c2c(ncn2[C@@H](C)C(=O)Nc2csc(-c3cnc(N4CC5CC5C4)nc3)n2)n(C)c1=O. The molecule has 1 saturated carbocycles. The normalized spacial score (nSPS) is 18.7. The van der Waals surface area contributed by atoms with Crippen LogP contribution in [-0.4, -0.2) is 65.6 Å². The third-order valence-corrected chi connectivity index (χ3v) is 8.23. The van der Waals surface area contributed by atoms with Gasteiger partial charge in [0.15, 0.2) is 11.2 Å². The molecule has 6 rings (SSSR count). The number of piperidine rings is 1. The first kappa shape index (κ1) is 24.9. The molecule has 1 saturated heterocycles. The molecule has 5 heterocycles. The van der Waals surface area contributed by atoms with E-state index in [2.05, 4.69) is 35.5 Å². The number of carbonyl (C=O) groups is 2. The molecule has 0 spiro atoms. The molecule has 0 bridgehead atoms. The first-order chi connectivity index (χ1) is 18.7. The highest BCUT2D eigenvalue weighted by atomic mass is 32.1. The third-order valence-electron chi connectivity index (χ3n) is 7.34. The number of nitrogens with zero attached hydrogens (tertiary/aromatic N) is 8. The van der Waals surface area contributed by atoms with Crippen molar-refractivity contribution in [3.05, 3.63) is 44.9 Å². The van der Waals surface area contributed by atoms with Gasteiger partial charge < -0.3 is 20.1 Å². The molecule has 2 amide bonds. The van der Waals surface area contributed by atoms with Crippen LogP contribution in [0.5, 0.6) is 0 Å². The molecule has 2 aliphatic rings. The largest absolute Gasteiger partial charge is 0.358 e. The van der Waals surface area contributed by atoms with Crippen molar-refractivity contribution in [3.63, 3.8) is 0 Å². The number of imidazole rings is 1. The maximum absolute atomic E-state index is 13.2. The number of aromatic nitrogens is 7. The van der Waals surface area contributed by atoms with E-state index < -0.39 is 35.6 Å². The van der Waals surface area contributed by atoms with Gasteiger partial charge in [-0.05, 0) is 25.2 Å². The van der Waals surface area contributed by atoms with E-state index >= 15 is 0 Å². The van der Waals surface area contributed by atoms with Crippen molar-refractivity contribution in [2.75, 3.05) is 30.4 Å². The van der Waals surface area contributed by atoms with Crippen molar-refractivity contribution in [3.8, 4) is 10.6 Å². The number of hydrogen-bond donors (Lipinski definition) is 2. The van der Waals surface area contributed by atoms with Crippen LogP contribution in [0.4, 0.5) is 11.8 Å². The number of rotatable bonds is 7. The number of nitrogens with one attached hydrogen (secondary N) is 2. The minimum Gasteiger partial charge on any atom is -0.358 e. The monoisotopic (exact) mass is 550 g/mol. The third kappa shape index (κ3) is 4.37. The number of fused-ring (bicyclic) bond motifs is 2. The highest BCUT2D eigenvalue weighted by Gasteiger charge is 2.45. The molecule has 14 nitrogen and oxygen atoms in total. The fourth-order valence-corrected chi connectivity index (χ4v) is 5.65. The Morgan fingerprint density at radius 1 is 1.15 bits per heavy atom. The summed E-state index contributed by atoms with van der Waals surface area (Å²) >= 11 is 1.35. The average molecular weight is 551 g/mol. The second-order valence-electron chi connectivity index (χ2n) is 9.87. The minimum atomic E-state index is -0.868. The summed E-state index contributed by atoms with van der Waals surface area (Å²) in [7, 11) is 2.86. The quantitative estimate of drug-likeness (QED) is 0.328. The Hall–Kier alpha value is -4.40. The topological polar surface area (TPSA) is 162 Å². The molecule has 1 aliphatic carbocycles. The van der Waals surface area contributed by atoms with Gasteiger partial charge in [-0.25, -0.2) is 29.3 Å². The number of aryl methyl sites for hydroxylation is 1. The lowest BCUT2D eigenvalue weighted by atomic mass is 10.3. The van der Waals surface area contributed by atoms with Crippen LogP contribution >= 0.6 is 11.3 Å². The second kappa shape index (κ2) is 9.41. The lowest BCUT2D eigenvalue weighted by Crippen LogP contribution is -2.43. The van der Waals surface area contributed by atoms with Crippen LogP contribution in [-0.2, 0) is 23.2 Å². The van der Waals surface area contributed by atoms with Crippen molar-refractivity contribution >= 4 is 46.1 Å². The van der Waals surface area contributed by atoms with Gasteiger partial charge in [-0.1, -0.05) is 0 Å². The van der Waals surface area contributed by atoms with Gasteiger partial charge in [0, 0.05) is 50.5 Å². The number of likely N-dealkylation sites (N-methyl/N-ethyl adjacent to an activating group) is 1. The summed E-state index contributed by atoms with van der Waals surface area (Å²) in [5, 5.41) is 7.55. The van der Waals surface area contributed by atoms with Crippen molar-refractivity contribution in [1.29, 1.82) is 0 Å². The predicted octanol–water partition coefficient (Wildman–Crippen LogP) is 0.212. The van der Waals surface area contributed by atoms with E-state index in [1.165, 1.54) is 47.3 Å². The van der Waals surface area contributed by atoms with Crippen molar-refractivity contribution in [1.82, 2.24) is 39.0 Å². The molecule has 4 aromatic rings. The van der Waals surface area contributed by atoms with Gasteiger partial charge in [0.1, 0.15) is 23.4 Å². The number of hydrogen-bond acceptors (Lipinski definition) is 10. The maximum atomic E-state index is 13.2. The lowest BCUT2D eigenvalue weighted by molar-refractivity contribution is -0.121. The van der Waals surface area contributed by atoms with Gasteiger partial charge in [-0.3, -0.25) is 19.0 Å². The Morgan fingerprint density at radius 2 is 1.87 bits per heavy atom. The average Bonchev–Trinajstić information content (AvgIpc) is 3.32. The standard InChI is InChI=1S/C24H26N10O4S/c1-12(34-11-28-19-18(34)22(37)33(9-17(35)25-2)24(38)31(19)3)20(36)29-16-10-39-21(30-16)15-5-26-23(27-6-15)32-7-13-4-14(13)8-32/h5-6,10-14H,4,7-9H2,1-3H3,(H,25,35)(H,29,36)/t12-,13?,14?/m0/s1. The van der Waals surface area contributed by atoms with Gasteiger partial charge >= 0.3 is 5.69 Å². The summed E-state index contributed by atoms with van der Waals surface area (Å²) < 4.78 is 3.37. The van der Waals surface area contributed by atoms with E-state index in [0.29, 0.717) is 10.8 Å². The molecule has 1 aliphatic heterocycles. The van der Waals surface area contributed by atoms with E-state index in [9.17, 15) is 19.2 Å². The molecular weight excluding hydrogens is 524 g/mol. The summed E-state index contributed by atoms with van der Waals surface area (Å²) in [4.78, 5) is 70.7. The first-order valence-corrected chi connectivity index (χ1v) is 13.3. The highest BCUT2D eigenvalue weighted by Crippen LogP contribution is 2.45. The smallest absolute Gasteiger partial charge is 0.332 e. The molecule has 15 heteroatoms. The fraction of sp³-hybridized carbons (Fsp3) is 0.417. The minimum absolute atomic E-state index is 0.0372. The van der Waals surface area contributed by atoms with Gasteiger partial charge in [0.2, 0.25) is 17.8 Å². The number of anilines is 2. The van der Waals surface area contributed by atoms with Gasteiger partial charge in [-0.15, -0.1) is 11.3 Å². The summed E-state index contributed by atoms with van der Waals surface area (Å²) in [5.74, 6) is 1.72. The molecule has 202 valence electrons. The zero-order valence-electron chi connectivity index (χ0n) is 21.5. The lowest BCUT2D eigenvalue weighted by Gasteiger charge is -2.17. The Balaban J connectivity index is 1.20. The Labute approximate surface area is 225 Å². The molecule has 3 atom stereocenters. The van der Waals surface area contributed by atoms with Crippen LogP contribution in [0, 0.1) is 11.8 Å². The van der Waals surface area contributed by atoms with Crippen LogP contribution in [0.15, 0.2) is 33.7 Å². The van der Waals surface area contributed by atoms with Gasteiger partial charge in [0.05, 0.1) is 6.33 Å². The number of carbonyl (C=O) groups excluding carboxylic acids is 2. The van der Waals surface area contributed by atoms with Crippen LogP contribution in [0.1, 0.15) is 19.4 Å². The molecule has 2 N–H and O–H groups in total. The second-order valence-corrected chi connectivity index (χ2v) is 10.7. The zero-order valence-corrected chi connectivity index (χ0v) is 22.3. The molecule has 2 unspecified atom stereocenters.